The number of carbonyl (C=O) groups is 4. The minimum atomic E-state index is -0.677. The fourth-order valence-electron chi connectivity index (χ4n) is 2.74. The van der Waals surface area contributed by atoms with Gasteiger partial charge in [0, 0.05) is 11.3 Å². The zero-order valence-corrected chi connectivity index (χ0v) is 16.4. The van der Waals surface area contributed by atoms with E-state index < -0.39 is 17.8 Å². The van der Waals surface area contributed by atoms with Crippen LogP contribution in [0.15, 0.2) is 59.3 Å². The third-order valence-corrected chi connectivity index (χ3v) is 4.58. The molecule has 0 aromatic heterocycles. The molecule has 1 aliphatic rings. The summed E-state index contributed by atoms with van der Waals surface area (Å²) < 4.78 is 4.91. The quantitative estimate of drug-likeness (QED) is 0.443. The average Bonchev–Trinajstić information content (AvgIpc) is 2.92. The first-order chi connectivity index (χ1) is 13.8. The predicted octanol–water partition coefficient (Wildman–Crippen LogP) is 3.50. The molecule has 8 heteroatoms. The molecule has 2 amide bonds. The van der Waals surface area contributed by atoms with Crippen molar-refractivity contribution in [2.45, 2.75) is 13.8 Å². The molecule has 1 N–H and O–H groups in total. The predicted molar refractivity (Wildman–Crippen MR) is 108 cm³/mol. The lowest BCUT2D eigenvalue weighted by atomic mass is 10.1. The molecule has 1 heterocycles. The fraction of sp³-hybridized carbons (Fsp3) is 0.143. The van der Waals surface area contributed by atoms with E-state index in [1.165, 1.54) is 31.2 Å². The first-order valence-corrected chi connectivity index (χ1v) is 9.15. The molecule has 2 aromatic carbocycles. The fourth-order valence-corrected chi connectivity index (χ4v) is 2.95. The van der Waals surface area contributed by atoms with Crippen molar-refractivity contribution in [1.82, 2.24) is 0 Å². The van der Waals surface area contributed by atoms with E-state index in [2.05, 4.69) is 5.32 Å². The molecule has 0 unspecified atom stereocenters. The number of halogens is 1. The molecule has 0 aliphatic carbocycles. The summed E-state index contributed by atoms with van der Waals surface area (Å²) in [6.07, 6.45) is 0. The Morgan fingerprint density at radius 2 is 1.55 bits per heavy atom. The van der Waals surface area contributed by atoms with Crippen molar-refractivity contribution >= 4 is 46.5 Å². The van der Waals surface area contributed by atoms with Crippen LogP contribution in [0.25, 0.3) is 0 Å². The number of rotatable bonds is 6. The smallest absolute Gasteiger partial charge is 0.338 e. The Labute approximate surface area is 171 Å². The summed E-state index contributed by atoms with van der Waals surface area (Å²) in [5, 5.41) is 2.58. The zero-order chi connectivity index (χ0) is 21.1. The Morgan fingerprint density at radius 3 is 2.10 bits per heavy atom. The molecular weight excluding hydrogens is 396 g/mol. The van der Waals surface area contributed by atoms with Crippen molar-refractivity contribution in [2.75, 3.05) is 16.8 Å². The van der Waals surface area contributed by atoms with Crippen molar-refractivity contribution < 1.29 is 23.9 Å². The van der Waals surface area contributed by atoms with Crippen LogP contribution in [0.2, 0.25) is 0 Å². The molecular formula is C21H17ClN2O5. The van der Waals surface area contributed by atoms with Gasteiger partial charge in [-0.25, -0.2) is 9.69 Å². The molecule has 0 fully saturated rings. The zero-order valence-electron chi connectivity index (χ0n) is 15.7. The number of benzene rings is 2. The summed E-state index contributed by atoms with van der Waals surface area (Å²) in [5.41, 5.74) is 1.53. The topological polar surface area (TPSA) is 92.8 Å². The Balaban J connectivity index is 1.81. The second-order valence-electron chi connectivity index (χ2n) is 6.16. The summed E-state index contributed by atoms with van der Waals surface area (Å²) in [6, 6.07) is 12.3. The van der Waals surface area contributed by atoms with E-state index in [1.807, 2.05) is 0 Å². The van der Waals surface area contributed by atoms with Gasteiger partial charge in [-0.15, -0.1) is 0 Å². The molecule has 1 aliphatic heterocycles. The molecule has 0 spiro atoms. The molecule has 0 saturated carbocycles. The molecule has 0 bridgehead atoms. The molecule has 2 aromatic rings. The monoisotopic (exact) mass is 412 g/mol. The second kappa shape index (κ2) is 8.28. The van der Waals surface area contributed by atoms with Crippen molar-refractivity contribution in [3.63, 3.8) is 0 Å². The maximum Gasteiger partial charge on any atom is 0.338 e. The molecule has 0 saturated heterocycles. The summed E-state index contributed by atoms with van der Waals surface area (Å²) in [4.78, 5) is 49.3. The van der Waals surface area contributed by atoms with Crippen molar-refractivity contribution in [2.24, 2.45) is 0 Å². The lowest BCUT2D eigenvalue weighted by molar-refractivity contribution is -0.120. The number of amides is 2. The number of imide groups is 1. The summed E-state index contributed by atoms with van der Waals surface area (Å²) in [6.45, 7) is 3.39. The molecule has 0 atom stereocenters. The van der Waals surface area contributed by atoms with Crippen LogP contribution in [0.3, 0.4) is 0 Å². The van der Waals surface area contributed by atoms with E-state index in [0.29, 0.717) is 16.8 Å². The maximum absolute atomic E-state index is 12.8. The summed E-state index contributed by atoms with van der Waals surface area (Å²) >= 11 is 6.10. The van der Waals surface area contributed by atoms with Gasteiger partial charge in [0.25, 0.3) is 11.8 Å². The minimum Gasteiger partial charge on any atom is -0.462 e. The summed E-state index contributed by atoms with van der Waals surface area (Å²) in [7, 11) is 0. The number of carbonyl (C=O) groups excluding carboxylic acids is 4. The number of Topliss-reactive ketones (excluding diaryl/α,β-unsaturated/α-hetero) is 1. The van der Waals surface area contributed by atoms with Crippen LogP contribution >= 0.6 is 11.6 Å². The average molecular weight is 413 g/mol. The van der Waals surface area contributed by atoms with Gasteiger partial charge in [-0.3, -0.25) is 14.4 Å². The molecule has 3 rings (SSSR count). The number of esters is 1. The highest BCUT2D eigenvalue weighted by atomic mass is 35.5. The van der Waals surface area contributed by atoms with Crippen molar-refractivity contribution in [3.8, 4) is 0 Å². The van der Waals surface area contributed by atoms with E-state index in [1.54, 1.807) is 31.2 Å². The highest BCUT2D eigenvalue weighted by Crippen LogP contribution is 2.30. The van der Waals surface area contributed by atoms with E-state index >= 15 is 0 Å². The van der Waals surface area contributed by atoms with Gasteiger partial charge < -0.3 is 10.1 Å². The number of nitrogens with one attached hydrogen (secondary N) is 1. The Morgan fingerprint density at radius 1 is 0.966 bits per heavy atom. The van der Waals surface area contributed by atoms with Crippen LogP contribution in [-0.2, 0) is 14.3 Å². The van der Waals surface area contributed by atoms with Crippen LogP contribution < -0.4 is 10.2 Å². The number of ether oxygens (including phenoxy) is 1. The largest absolute Gasteiger partial charge is 0.462 e. The third-order valence-electron chi connectivity index (χ3n) is 4.22. The molecule has 7 nitrogen and oxygen atoms in total. The van der Waals surface area contributed by atoms with Gasteiger partial charge in [0.2, 0.25) is 0 Å². The second-order valence-corrected chi connectivity index (χ2v) is 6.54. The van der Waals surface area contributed by atoms with Gasteiger partial charge in [0.15, 0.2) is 5.78 Å². The van der Waals surface area contributed by atoms with E-state index in [0.717, 1.165) is 4.90 Å². The number of ketones is 1. The Hall–Kier alpha value is -3.45. The normalized spacial score (nSPS) is 13.7. The van der Waals surface area contributed by atoms with Crippen LogP contribution in [-0.4, -0.2) is 30.2 Å². The first kappa shape index (κ1) is 20.3. The van der Waals surface area contributed by atoms with Crippen LogP contribution in [0, 0.1) is 0 Å². The Kier molecular flexibility index (Phi) is 5.79. The standard InChI is InChI=1S/C21H17ClN2O5/c1-3-29-21(28)14-6-10-16(11-7-14)24-19(26)17(22)18(20(24)27)23-15-8-4-13(5-9-15)12(2)25/h4-11,23H,3H2,1-2H3. The number of anilines is 2. The lowest BCUT2D eigenvalue weighted by Gasteiger charge is -2.15. The van der Waals surface area contributed by atoms with Crippen molar-refractivity contribution in [3.05, 3.63) is 70.4 Å². The molecule has 148 valence electrons. The highest BCUT2D eigenvalue weighted by Gasteiger charge is 2.39. The van der Waals surface area contributed by atoms with Gasteiger partial charge >= 0.3 is 5.97 Å². The SMILES string of the molecule is CCOC(=O)c1ccc(N2C(=O)C(Cl)=C(Nc3ccc(C(C)=O)cc3)C2=O)cc1. The van der Waals surface area contributed by atoms with Gasteiger partial charge in [0.05, 0.1) is 17.9 Å². The lowest BCUT2D eigenvalue weighted by Crippen LogP contribution is -2.32. The van der Waals surface area contributed by atoms with Gasteiger partial charge in [0.1, 0.15) is 10.7 Å². The molecule has 0 radical (unpaired) electrons. The summed E-state index contributed by atoms with van der Waals surface area (Å²) in [5.74, 6) is -1.88. The minimum absolute atomic E-state index is 0.0679. The van der Waals surface area contributed by atoms with E-state index in [9.17, 15) is 19.2 Å². The van der Waals surface area contributed by atoms with E-state index in [4.69, 9.17) is 16.3 Å². The third kappa shape index (κ3) is 4.05. The van der Waals surface area contributed by atoms with Crippen LogP contribution in [0.4, 0.5) is 11.4 Å². The Bertz CT molecular complexity index is 1030. The molecule has 29 heavy (non-hydrogen) atoms. The highest BCUT2D eigenvalue weighted by molar-refractivity contribution is 6.53. The van der Waals surface area contributed by atoms with E-state index in [-0.39, 0.29) is 28.8 Å². The van der Waals surface area contributed by atoms with Crippen LogP contribution in [0.5, 0.6) is 0 Å². The van der Waals surface area contributed by atoms with Crippen molar-refractivity contribution in [1.29, 1.82) is 0 Å². The van der Waals surface area contributed by atoms with Gasteiger partial charge in [-0.2, -0.15) is 0 Å². The number of nitrogens with zero attached hydrogens (tertiary/aromatic N) is 1. The number of hydrogen-bond acceptors (Lipinski definition) is 6. The maximum atomic E-state index is 12.8. The van der Waals surface area contributed by atoms with Gasteiger partial charge in [-0.1, -0.05) is 11.6 Å². The number of hydrogen-bond donors (Lipinski definition) is 1. The van der Waals surface area contributed by atoms with Gasteiger partial charge in [-0.05, 0) is 62.4 Å². The van der Waals surface area contributed by atoms with Crippen LogP contribution in [0.1, 0.15) is 34.6 Å². The first-order valence-electron chi connectivity index (χ1n) is 8.77.